The van der Waals surface area contributed by atoms with Gasteiger partial charge in [-0.25, -0.2) is 0 Å². The van der Waals surface area contributed by atoms with Crippen molar-refractivity contribution in [3.8, 4) is 0 Å². The van der Waals surface area contributed by atoms with Crippen LogP contribution >= 0.6 is 0 Å². The van der Waals surface area contributed by atoms with Gasteiger partial charge in [0.05, 0.1) is 6.10 Å². The van der Waals surface area contributed by atoms with Crippen molar-refractivity contribution in [2.24, 2.45) is 39.9 Å². The van der Waals surface area contributed by atoms with Crippen molar-refractivity contribution >= 4 is 0 Å². The Labute approximate surface area is 180 Å². The molecule has 0 spiro atoms. The van der Waals surface area contributed by atoms with E-state index in [0.717, 1.165) is 39.0 Å². The Morgan fingerprint density at radius 1 is 0.655 bits per heavy atom. The molecule has 29 heavy (non-hydrogen) atoms. The number of rotatable bonds is 6. The van der Waals surface area contributed by atoms with Gasteiger partial charge in [-0.1, -0.05) is 48.5 Å². The fraction of sp³-hybridized carbons (Fsp3) is 1.00. The zero-order valence-electron chi connectivity index (χ0n) is 20.4. The molecule has 0 aromatic rings. The van der Waals surface area contributed by atoms with E-state index in [2.05, 4.69) is 48.5 Å². The minimum absolute atomic E-state index is 0.268. The molecule has 0 aromatic heterocycles. The van der Waals surface area contributed by atoms with Crippen LogP contribution in [-0.2, 0) is 14.2 Å². The SMILES string of the molecule is CC(C)(C)C1CCOC(CC(C)(C)C2COCC(CC(C)(C)C3CCOC3)C2)C1. The van der Waals surface area contributed by atoms with Crippen LogP contribution in [0.1, 0.15) is 87.0 Å². The summed E-state index contributed by atoms with van der Waals surface area (Å²) in [6, 6.07) is 0. The van der Waals surface area contributed by atoms with Crippen LogP contribution in [0.2, 0.25) is 0 Å². The molecule has 5 atom stereocenters. The van der Waals surface area contributed by atoms with Crippen molar-refractivity contribution in [2.75, 3.05) is 33.0 Å². The third-order valence-corrected chi connectivity index (χ3v) is 8.59. The summed E-state index contributed by atoms with van der Waals surface area (Å²) < 4.78 is 18.1. The molecule has 0 amide bonds. The summed E-state index contributed by atoms with van der Waals surface area (Å²) in [5, 5.41) is 0. The van der Waals surface area contributed by atoms with Gasteiger partial charge in [-0.15, -0.1) is 0 Å². The summed E-state index contributed by atoms with van der Waals surface area (Å²) >= 11 is 0. The first-order chi connectivity index (χ1) is 13.5. The molecular formula is C26H48O3. The van der Waals surface area contributed by atoms with Crippen LogP contribution < -0.4 is 0 Å². The lowest BCUT2D eigenvalue weighted by atomic mass is 9.65. The van der Waals surface area contributed by atoms with Crippen LogP contribution in [0, 0.1) is 39.9 Å². The van der Waals surface area contributed by atoms with E-state index in [1.54, 1.807) is 0 Å². The fourth-order valence-electron chi connectivity index (χ4n) is 6.23. The first-order valence-electron chi connectivity index (χ1n) is 12.2. The Kier molecular flexibility index (Phi) is 7.44. The van der Waals surface area contributed by atoms with Crippen molar-refractivity contribution in [3.05, 3.63) is 0 Å². The molecule has 3 rings (SSSR count). The molecule has 5 unspecified atom stereocenters. The second-order valence-electron chi connectivity index (χ2n) is 12.9. The first kappa shape index (κ1) is 23.5. The summed E-state index contributed by atoms with van der Waals surface area (Å²) in [4.78, 5) is 0. The molecule has 3 aliphatic rings. The second kappa shape index (κ2) is 9.17. The van der Waals surface area contributed by atoms with E-state index in [0.29, 0.717) is 34.7 Å². The molecule has 170 valence electrons. The smallest absolute Gasteiger partial charge is 0.0583 e. The van der Waals surface area contributed by atoms with Crippen LogP contribution in [0.4, 0.5) is 0 Å². The van der Waals surface area contributed by atoms with E-state index in [1.165, 1.54) is 38.5 Å². The lowest BCUT2D eigenvalue weighted by Crippen LogP contribution is -2.41. The van der Waals surface area contributed by atoms with Gasteiger partial charge in [0.15, 0.2) is 0 Å². The molecule has 0 aliphatic carbocycles. The average molecular weight is 409 g/mol. The standard InChI is InChI=1S/C26H48O3/c1-24(2,3)20-9-11-29-23(13-20)15-26(6,7)22-12-19(16-28-18-22)14-25(4,5)21-8-10-27-17-21/h19-23H,8-18H2,1-7H3. The molecule has 3 nitrogen and oxygen atoms in total. The molecule has 0 saturated carbocycles. The first-order valence-corrected chi connectivity index (χ1v) is 12.2. The lowest BCUT2D eigenvalue weighted by Gasteiger charge is -2.45. The van der Waals surface area contributed by atoms with Crippen molar-refractivity contribution in [1.82, 2.24) is 0 Å². The van der Waals surface area contributed by atoms with Gasteiger partial charge in [0, 0.05) is 33.0 Å². The van der Waals surface area contributed by atoms with Gasteiger partial charge in [0.1, 0.15) is 0 Å². The van der Waals surface area contributed by atoms with Crippen molar-refractivity contribution in [2.45, 2.75) is 93.1 Å². The highest BCUT2D eigenvalue weighted by atomic mass is 16.5. The highest BCUT2D eigenvalue weighted by molar-refractivity contribution is 4.91. The summed E-state index contributed by atoms with van der Waals surface area (Å²) in [6.45, 7) is 21.7. The second-order valence-corrected chi connectivity index (χ2v) is 12.9. The van der Waals surface area contributed by atoms with Crippen molar-refractivity contribution in [3.63, 3.8) is 0 Å². The molecule has 3 fully saturated rings. The Bertz CT molecular complexity index is 513. The molecule has 3 heterocycles. The number of hydrogen-bond acceptors (Lipinski definition) is 3. The molecule has 3 heteroatoms. The summed E-state index contributed by atoms with van der Waals surface area (Å²) in [7, 11) is 0. The average Bonchev–Trinajstić information content (AvgIpc) is 3.16. The topological polar surface area (TPSA) is 27.7 Å². The zero-order chi connectivity index (χ0) is 21.3. The maximum atomic E-state index is 6.25. The largest absolute Gasteiger partial charge is 0.381 e. The third-order valence-electron chi connectivity index (χ3n) is 8.59. The van der Waals surface area contributed by atoms with E-state index in [9.17, 15) is 0 Å². The summed E-state index contributed by atoms with van der Waals surface area (Å²) in [6.07, 6.45) is 7.81. The predicted octanol–water partition coefficient (Wildman–Crippen LogP) is 6.35. The predicted molar refractivity (Wildman–Crippen MR) is 120 cm³/mol. The van der Waals surface area contributed by atoms with Gasteiger partial charge < -0.3 is 14.2 Å². The van der Waals surface area contributed by atoms with Crippen molar-refractivity contribution in [1.29, 1.82) is 0 Å². The minimum atomic E-state index is 0.268. The molecule has 0 radical (unpaired) electrons. The third kappa shape index (κ3) is 6.20. The van der Waals surface area contributed by atoms with Crippen LogP contribution in [-0.4, -0.2) is 39.1 Å². The van der Waals surface area contributed by atoms with E-state index in [1.807, 2.05) is 0 Å². The van der Waals surface area contributed by atoms with Crippen LogP contribution in [0.15, 0.2) is 0 Å². The zero-order valence-corrected chi connectivity index (χ0v) is 20.4. The van der Waals surface area contributed by atoms with Crippen LogP contribution in [0.25, 0.3) is 0 Å². The van der Waals surface area contributed by atoms with Crippen molar-refractivity contribution < 1.29 is 14.2 Å². The number of hydrogen-bond donors (Lipinski definition) is 0. The monoisotopic (exact) mass is 408 g/mol. The van der Waals surface area contributed by atoms with Gasteiger partial charge in [-0.2, -0.15) is 0 Å². The Balaban J connectivity index is 1.55. The van der Waals surface area contributed by atoms with Gasteiger partial charge in [-0.05, 0) is 78.4 Å². The Hall–Kier alpha value is -0.120. The Morgan fingerprint density at radius 2 is 1.31 bits per heavy atom. The van der Waals surface area contributed by atoms with Gasteiger partial charge in [0.25, 0.3) is 0 Å². The molecule has 3 saturated heterocycles. The molecule has 0 N–H and O–H groups in total. The maximum Gasteiger partial charge on any atom is 0.0583 e. The van der Waals surface area contributed by atoms with Gasteiger partial charge in [0.2, 0.25) is 0 Å². The molecule has 3 aliphatic heterocycles. The molecule has 0 aromatic carbocycles. The molecule has 0 bridgehead atoms. The maximum absolute atomic E-state index is 6.25. The normalized spacial score (nSPS) is 35.1. The van der Waals surface area contributed by atoms with E-state index < -0.39 is 0 Å². The van der Waals surface area contributed by atoms with Crippen LogP contribution in [0.5, 0.6) is 0 Å². The fourth-order valence-corrected chi connectivity index (χ4v) is 6.23. The van der Waals surface area contributed by atoms with E-state index in [4.69, 9.17) is 14.2 Å². The number of ether oxygens (including phenoxy) is 3. The van der Waals surface area contributed by atoms with E-state index >= 15 is 0 Å². The quantitative estimate of drug-likeness (QED) is 0.512. The van der Waals surface area contributed by atoms with Crippen LogP contribution in [0.3, 0.4) is 0 Å². The van der Waals surface area contributed by atoms with E-state index in [-0.39, 0.29) is 5.41 Å². The summed E-state index contributed by atoms with van der Waals surface area (Å²) in [5.74, 6) is 2.80. The highest BCUT2D eigenvalue weighted by Gasteiger charge is 2.41. The summed E-state index contributed by atoms with van der Waals surface area (Å²) in [5.41, 5.74) is 1.01. The van der Waals surface area contributed by atoms with Gasteiger partial charge in [-0.3, -0.25) is 0 Å². The highest BCUT2D eigenvalue weighted by Crippen LogP contribution is 2.46. The van der Waals surface area contributed by atoms with Gasteiger partial charge >= 0.3 is 0 Å². The lowest BCUT2D eigenvalue weighted by molar-refractivity contribution is -0.0856. The minimum Gasteiger partial charge on any atom is -0.381 e. The molecular weight excluding hydrogens is 360 g/mol. The Morgan fingerprint density at radius 3 is 1.97 bits per heavy atom.